The van der Waals surface area contributed by atoms with Gasteiger partial charge in [-0.1, -0.05) is 12.2 Å². The Labute approximate surface area is 97.2 Å². The predicted molar refractivity (Wildman–Crippen MR) is 64.0 cm³/mol. The number of carbonyl (C=O) groups excluding carboxylic acids is 1. The summed E-state index contributed by atoms with van der Waals surface area (Å²) >= 11 is 0. The molecule has 0 aromatic rings. The molecule has 1 fully saturated rings. The first kappa shape index (κ1) is 13.2. The minimum atomic E-state index is 0.126. The van der Waals surface area contributed by atoms with Gasteiger partial charge in [0.15, 0.2) is 0 Å². The quantitative estimate of drug-likeness (QED) is 0.632. The number of ether oxygens (including phenoxy) is 1. The van der Waals surface area contributed by atoms with Crippen LogP contribution in [0.15, 0.2) is 12.2 Å². The number of hydrogen-bond donors (Lipinski definition) is 2. The first-order valence-electron chi connectivity index (χ1n) is 5.99. The van der Waals surface area contributed by atoms with Crippen LogP contribution >= 0.6 is 0 Å². The second-order valence-corrected chi connectivity index (χ2v) is 4.13. The number of amides is 1. The van der Waals surface area contributed by atoms with Gasteiger partial charge in [-0.25, -0.2) is 0 Å². The van der Waals surface area contributed by atoms with Crippen LogP contribution in [0.4, 0.5) is 0 Å². The molecule has 1 rings (SSSR count). The first-order valence-corrected chi connectivity index (χ1v) is 5.99. The third-order valence-corrected chi connectivity index (χ3v) is 2.79. The molecular weight excluding hydrogens is 204 g/mol. The smallest absolute Gasteiger partial charge is 0.220 e. The first-order chi connectivity index (χ1) is 7.76. The molecule has 0 radical (unpaired) electrons. The molecule has 0 saturated heterocycles. The average molecular weight is 226 g/mol. The summed E-state index contributed by atoms with van der Waals surface area (Å²) < 4.78 is 5.45. The van der Waals surface area contributed by atoms with Crippen LogP contribution in [0.2, 0.25) is 0 Å². The molecule has 16 heavy (non-hydrogen) atoms. The van der Waals surface area contributed by atoms with Crippen LogP contribution in [0.1, 0.15) is 26.2 Å². The minimum absolute atomic E-state index is 0.126. The molecule has 1 aliphatic rings. The minimum Gasteiger partial charge on any atom is -0.378 e. The SMILES string of the molecule is CCOC1CC(CC(=O)NC/C=C/CN)C1. The molecule has 0 aromatic carbocycles. The highest BCUT2D eigenvalue weighted by atomic mass is 16.5. The molecule has 0 heterocycles. The van der Waals surface area contributed by atoms with Gasteiger partial charge in [0.25, 0.3) is 0 Å². The van der Waals surface area contributed by atoms with E-state index < -0.39 is 0 Å². The van der Waals surface area contributed by atoms with E-state index in [2.05, 4.69) is 5.32 Å². The van der Waals surface area contributed by atoms with Crippen molar-refractivity contribution < 1.29 is 9.53 Å². The standard InChI is InChI=1S/C12H22N2O2/c1-2-16-11-7-10(8-11)9-12(15)14-6-4-3-5-13/h3-4,10-11H,2,5-9,13H2,1H3,(H,14,15)/b4-3+. The van der Waals surface area contributed by atoms with Crippen molar-refractivity contribution in [3.63, 3.8) is 0 Å². The molecule has 1 saturated carbocycles. The van der Waals surface area contributed by atoms with Gasteiger partial charge in [-0.05, 0) is 25.7 Å². The van der Waals surface area contributed by atoms with Crippen LogP contribution < -0.4 is 11.1 Å². The van der Waals surface area contributed by atoms with Crippen LogP contribution in [-0.2, 0) is 9.53 Å². The zero-order valence-corrected chi connectivity index (χ0v) is 9.95. The highest BCUT2D eigenvalue weighted by Gasteiger charge is 2.30. The maximum atomic E-state index is 11.5. The molecule has 92 valence electrons. The van der Waals surface area contributed by atoms with Crippen molar-refractivity contribution in [2.75, 3.05) is 19.7 Å². The summed E-state index contributed by atoms with van der Waals surface area (Å²) in [5.41, 5.74) is 5.29. The molecule has 0 aromatic heterocycles. The molecule has 1 amide bonds. The van der Waals surface area contributed by atoms with E-state index >= 15 is 0 Å². The molecule has 1 aliphatic carbocycles. The van der Waals surface area contributed by atoms with E-state index in [0.717, 1.165) is 19.4 Å². The maximum absolute atomic E-state index is 11.5. The molecule has 4 heteroatoms. The second kappa shape index (κ2) is 7.41. The maximum Gasteiger partial charge on any atom is 0.220 e. The van der Waals surface area contributed by atoms with Crippen molar-refractivity contribution in [3.8, 4) is 0 Å². The van der Waals surface area contributed by atoms with Crippen molar-refractivity contribution in [2.45, 2.75) is 32.3 Å². The average Bonchev–Trinajstić information content (AvgIpc) is 2.21. The van der Waals surface area contributed by atoms with Crippen LogP contribution in [0.3, 0.4) is 0 Å². The number of nitrogens with one attached hydrogen (secondary N) is 1. The van der Waals surface area contributed by atoms with E-state index in [1.165, 1.54) is 0 Å². The van der Waals surface area contributed by atoms with Crippen LogP contribution in [-0.4, -0.2) is 31.7 Å². The summed E-state index contributed by atoms with van der Waals surface area (Å²) in [5.74, 6) is 0.636. The zero-order chi connectivity index (χ0) is 11.8. The van der Waals surface area contributed by atoms with Crippen molar-refractivity contribution in [1.82, 2.24) is 5.32 Å². The van der Waals surface area contributed by atoms with Gasteiger partial charge in [-0.15, -0.1) is 0 Å². The van der Waals surface area contributed by atoms with Gasteiger partial charge in [0.2, 0.25) is 5.91 Å². The summed E-state index contributed by atoms with van der Waals surface area (Å²) in [5, 5.41) is 2.84. The van der Waals surface area contributed by atoms with E-state index in [0.29, 0.717) is 31.5 Å². The Morgan fingerprint density at radius 2 is 2.25 bits per heavy atom. The van der Waals surface area contributed by atoms with Crippen molar-refractivity contribution >= 4 is 5.91 Å². The van der Waals surface area contributed by atoms with Gasteiger partial charge in [0.05, 0.1) is 6.10 Å². The number of nitrogens with two attached hydrogens (primary N) is 1. The van der Waals surface area contributed by atoms with E-state index in [4.69, 9.17) is 10.5 Å². The molecule has 0 atom stereocenters. The van der Waals surface area contributed by atoms with Gasteiger partial charge in [0, 0.05) is 26.1 Å². The molecular formula is C12H22N2O2. The third kappa shape index (κ3) is 4.77. The van der Waals surface area contributed by atoms with E-state index in [1.807, 2.05) is 19.1 Å². The summed E-state index contributed by atoms with van der Waals surface area (Å²) in [6.45, 7) is 3.88. The fourth-order valence-electron chi connectivity index (χ4n) is 1.90. The van der Waals surface area contributed by atoms with Gasteiger partial charge in [-0.2, -0.15) is 0 Å². The number of carbonyl (C=O) groups is 1. The largest absolute Gasteiger partial charge is 0.378 e. The Kier molecular flexibility index (Phi) is 6.11. The highest BCUT2D eigenvalue weighted by molar-refractivity contribution is 5.76. The van der Waals surface area contributed by atoms with E-state index in [9.17, 15) is 4.79 Å². The Bertz CT molecular complexity index is 235. The van der Waals surface area contributed by atoms with Gasteiger partial charge in [0.1, 0.15) is 0 Å². The van der Waals surface area contributed by atoms with Crippen LogP contribution in [0.5, 0.6) is 0 Å². The Balaban J connectivity index is 2.01. The van der Waals surface area contributed by atoms with Gasteiger partial charge >= 0.3 is 0 Å². The molecule has 3 N–H and O–H groups in total. The van der Waals surface area contributed by atoms with Crippen LogP contribution in [0.25, 0.3) is 0 Å². The predicted octanol–water partition coefficient (Wildman–Crippen LogP) is 0.823. The van der Waals surface area contributed by atoms with Crippen molar-refractivity contribution in [1.29, 1.82) is 0 Å². The third-order valence-electron chi connectivity index (χ3n) is 2.79. The van der Waals surface area contributed by atoms with Crippen molar-refractivity contribution in [3.05, 3.63) is 12.2 Å². The Morgan fingerprint density at radius 1 is 1.50 bits per heavy atom. The molecule has 4 nitrogen and oxygen atoms in total. The molecule has 0 aliphatic heterocycles. The fourth-order valence-corrected chi connectivity index (χ4v) is 1.90. The van der Waals surface area contributed by atoms with E-state index in [-0.39, 0.29) is 5.91 Å². The molecule has 0 spiro atoms. The topological polar surface area (TPSA) is 64.3 Å². The summed E-state index contributed by atoms with van der Waals surface area (Å²) in [7, 11) is 0. The number of rotatable bonds is 7. The van der Waals surface area contributed by atoms with Crippen molar-refractivity contribution in [2.24, 2.45) is 11.7 Å². The van der Waals surface area contributed by atoms with E-state index in [1.54, 1.807) is 0 Å². The highest BCUT2D eigenvalue weighted by Crippen LogP contribution is 2.32. The lowest BCUT2D eigenvalue weighted by Gasteiger charge is -2.34. The Morgan fingerprint density at radius 3 is 2.88 bits per heavy atom. The summed E-state index contributed by atoms with van der Waals surface area (Å²) in [4.78, 5) is 11.5. The molecule has 0 unspecified atom stereocenters. The lowest BCUT2D eigenvalue weighted by molar-refractivity contribution is -0.124. The van der Waals surface area contributed by atoms with Crippen LogP contribution in [0, 0.1) is 5.92 Å². The number of hydrogen-bond acceptors (Lipinski definition) is 3. The zero-order valence-electron chi connectivity index (χ0n) is 9.95. The Hall–Kier alpha value is -0.870. The summed E-state index contributed by atoms with van der Waals surface area (Å²) in [6, 6.07) is 0. The lowest BCUT2D eigenvalue weighted by Crippen LogP contribution is -2.35. The normalized spacial score (nSPS) is 24.4. The van der Waals surface area contributed by atoms with Gasteiger partial charge < -0.3 is 15.8 Å². The lowest BCUT2D eigenvalue weighted by atomic mass is 9.80. The summed E-state index contributed by atoms with van der Waals surface area (Å²) in [6.07, 6.45) is 6.79. The second-order valence-electron chi connectivity index (χ2n) is 4.13. The van der Waals surface area contributed by atoms with Gasteiger partial charge in [-0.3, -0.25) is 4.79 Å². The molecule has 0 bridgehead atoms. The fraction of sp³-hybridized carbons (Fsp3) is 0.750. The monoisotopic (exact) mass is 226 g/mol.